The first-order valence-corrected chi connectivity index (χ1v) is 7.30. The van der Waals surface area contributed by atoms with Crippen LogP contribution >= 0.6 is 0 Å². The molecule has 0 aromatic heterocycles. The average Bonchev–Trinajstić information content (AvgIpc) is 2.49. The number of halogens is 1. The summed E-state index contributed by atoms with van der Waals surface area (Å²) in [5, 5.41) is 3.34. The molecule has 21 heavy (non-hydrogen) atoms. The van der Waals surface area contributed by atoms with Crippen LogP contribution in [-0.2, 0) is 6.54 Å². The number of aryl methyl sites for hydroxylation is 1. The molecular weight excluding hydrogens is 265 g/mol. The van der Waals surface area contributed by atoms with Crippen LogP contribution < -0.4 is 10.1 Å². The van der Waals surface area contributed by atoms with Crippen LogP contribution in [0, 0.1) is 12.7 Å². The fourth-order valence-electron chi connectivity index (χ4n) is 2.33. The molecule has 2 nitrogen and oxygen atoms in total. The third-order valence-corrected chi connectivity index (χ3v) is 3.43. The van der Waals surface area contributed by atoms with E-state index < -0.39 is 0 Å². The van der Waals surface area contributed by atoms with Gasteiger partial charge in [0.25, 0.3) is 0 Å². The van der Waals surface area contributed by atoms with Crippen LogP contribution in [0.4, 0.5) is 4.39 Å². The summed E-state index contributed by atoms with van der Waals surface area (Å²) in [6, 6.07) is 11.1. The maximum Gasteiger partial charge on any atom is 0.131 e. The summed E-state index contributed by atoms with van der Waals surface area (Å²) < 4.78 is 19.6. The fourth-order valence-corrected chi connectivity index (χ4v) is 2.33. The molecule has 2 rings (SSSR count). The Bertz CT molecular complexity index is 610. The van der Waals surface area contributed by atoms with Gasteiger partial charge in [0.2, 0.25) is 0 Å². The van der Waals surface area contributed by atoms with Crippen LogP contribution in [0.2, 0.25) is 0 Å². The van der Waals surface area contributed by atoms with Crippen LogP contribution in [0.25, 0.3) is 11.1 Å². The molecule has 0 amide bonds. The van der Waals surface area contributed by atoms with Crippen molar-refractivity contribution >= 4 is 0 Å². The summed E-state index contributed by atoms with van der Waals surface area (Å²) in [6.45, 7) is 5.82. The topological polar surface area (TPSA) is 21.3 Å². The van der Waals surface area contributed by atoms with Crippen molar-refractivity contribution in [1.82, 2.24) is 5.32 Å². The molecule has 0 radical (unpaired) electrons. The number of hydrogen-bond acceptors (Lipinski definition) is 2. The number of ether oxygens (including phenoxy) is 1. The lowest BCUT2D eigenvalue weighted by Crippen LogP contribution is -2.13. The number of benzene rings is 2. The molecule has 0 fully saturated rings. The fraction of sp³-hybridized carbons (Fsp3) is 0.333. The number of rotatable bonds is 6. The van der Waals surface area contributed by atoms with Crippen LogP contribution in [0.3, 0.4) is 0 Å². The third-order valence-electron chi connectivity index (χ3n) is 3.43. The maximum absolute atomic E-state index is 14.2. The Morgan fingerprint density at radius 1 is 1.10 bits per heavy atom. The van der Waals surface area contributed by atoms with E-state index in [0.29, 0.717) is 11.3 Å². The van der Waals surface area contributed by atoms with Gasteiger partial charge in [0.15, 0.2) is 0 Å². The van der Waals surface area contributed by atoms with E-state index in [0.717, 1.165) is 36.2 Å². The SMILES string of the molecule is CCCNCc1ccc(F)c(-c2cc(C)ccc2OC)c1. The van der Waals surface area contributed by atoms with E-state index in [-0.39, 0.29) is 5.82 Å². The second-order valence-electron chi connectivity index (χ2n) is 5.19. The minimum absolute atomic E-state index is 0.224. The molecule has 0 aliphatic rings. The van der Waals surface area contributed by atoms with Gasteiger partial charge in [-0.3, -0.25) is 0 Å². The van der Waals surface area contributed by atoms with Crippen molar-refractivity contribution in [3.8, 4) is 16.9 Å². The van der Waals surface area contributed by atoms with Gasteiger partial charge in [-0.2, -0.15) is 0 Å². The lowest BCUT2D eigenvalue weighted by Gasteiger charge is -2.12. The monoisotopic (exact) mass is 287 g/mol. The van der Waals surface area contributed by atoms with Gasteiger partial charge in [0, 0.05) is 17.7 Å². The van der Waals surface area contributed by atoms with Gasteiger partial charge < -0.3 is 10.1 Å². The normalized spacial score (nSPS) is 10.7. The van der Waals surface area contributed by atoms with Crippen molar-refractivity contribution in [3.63, 3.8) is 0 Å². The van der Waals surface area contributed by atoms with Crippen molar-refractivity contribution < 1.29 is 9.13 Å². The quantitative estimate of drug-likeness (QED) is 0.799. The Morgan fingerprint density at radius 3 is 2.62 bits per heavy atom. The van der Waals surface area contributed by atoms with Crippen molar-refractivity contribution in [3.05, 3.63) is 53.3 Å². The van der Waals surface area contributed by atoms with Crippen molar-refractivity contribution in [2.75, 3.05) is 13.7 Å². The Balaban J connectivity index is 2.38. The van der Waals surface area contributed by atoms with E-state index in [2.05, 4.69) is 12.2 Å². The Labute approximate surface area is 126 Å². The molecule has 0 saturated carbocycles. The van der Waals surface area contributed by atoms with Crippen LogP contribution in [0.5, 0.6) is 5.75 Å². The lowest BCUT2D eigenvalue weighted by molar-refractivity contribution is 0.416. The molecule has 0 bridgehead atoms. The molecule has 112 valence electrons. The van der Waals surface area contributed by atoms with Crippen molar-refractivity contribution in [2.24, 2.45) is 0 Å². The highest BCUT2D eigenvalue weighted by molar-refractivity contribution is 5.72. The van der Waals surface area contributed by atoms with Crippen LogP contribution in [0.15, 0.2) is 36.4 Å². The van der Waals surface area contributed by atoms with Crippen molar-refractivity contribution in [1.29, 1.82) is 0 Å². The number of hydrogen-bond donors (Lipinski definition) is 1. The highest BCUT2D eigenvalue weighted by Gasteiger charge is 2.11. The number of nitrogens with one attached hydrogen (secondary N) is 1. The highest BCUT2D eigenvalue weighted by Crippen LogP contribution is 2.33. The van der Waals surface area contributed by atoms with Gasteiger partial charge in [-0.15, -0.1) is 0 Å². The largest absolute Gasteiger partial charge is 0.496 e. The first-order chi connectivity index (χ1) is 10.2. The van der Waals surface area contributed by atoms with Gasteiger partial charge in [-0.05, 0) is 49.7 Å². The molecule has 0 saturated heterocycles. The smallest absolute Gasteiger partial charge is 0.131 e. The van der Waals surface area contributed by atoms with Crippen LogP contribution in [0.1, 0.15) is 24.5 Å². The van der Waals surface area contributed by atoms with Crippen molar-refractivity contribution in [2.45, 2.75) is 26.8 Å². The Hall–Kier alpha value is -1.87. The summed E-state index contributed by atoms with van der Waals surface area (Å²) in [5.41, 5.74) is 3.54. The standard InChI is InChI=1S/C18H22FNO/c1-4-9-20-12-14-6-7-17(19)15(11-14)16-10-13(2)5-8-18(16)21-3/h5-8,10-11,20H,4,9,12H2,1-3H3. The van der Waals surface area contributed by atoms with Gasteiger partial charge in [-0.25, -0.2) is 4.39 Å². The predicted octanol–water partition coefficient (Wildman–Crippen LogP) is 4.31. The van der Waals surface area contributed by atoms with Gasteiger partial charge in [0.05, 0.1) is 7.11 Å². The molecule has 2 aromatic carbocycles. The molecule has 1 N–H and O–H groups in total. The second kappa shape index (κ2) is 7.23. The third kappa shape index (κ3) is 3.82. The Kier molecular flexibility index (Phi) is 5.34. The van der Waals surface area contributed by atoms with Crippen LogP contribution in [-0.4, -0.2) is 13.7 Å². The average molecular weight is 287 g/mol. The summed E-state index contributed by atoms with van der Waals surface area (Å²) in [7, 11) is 1.61. The zero-order valence-corrected chi connectivity index (χ0v) is 12.9. The van der Waals surface area contributed by atoms with E-state index >= 15 is 0 Å². The first kappa shape index (κ1) is 15.5. The molecule has 0 heterocycles. The molecule has 0 aliphatic carbocycles. The minimum Gasteiger partial charge on any atom is -0.496 e. The van der Waals surface area contributed by atoms with E-state index in [1.54, 1.807) is 7.11 Å². The van der Waals surface area contributed by atoms with E-state index in [4.69, 9.17) is 4.74 Å². The van der Waals surface area contributed by atoms with Gasteiger partial charge >= 0.3 is 0 Å². The van der Waals surface area contributed by atoms with Gasteiger partial charge in [0.1, 0.15) is 11.6 Å². The highest BCUT2D eigenvalue weighted by atomic mass is 19.1. The molecule has 0 aliphatic heterocycles. The molecule has 0 unspecified atom stereocenters. The maximum atomic E-state index is 14.2. The van der Waals surface area contributed by atoms with Gasteiger partial charge in [-0.1, -0.05) is 24.6 Å². The minimum atomic E-state index is -0.224. The van der Waals surface area contributed by atoms with E-state index in [9.17, 15) is 4.39 Å². The summed E-state index contributed by atoms with van der Waals surface area (Å²) in [4.78, 5) is 0. The molecule has 2 aromatic rings. The van der Waals surface area contributed by atoms with E-state index in [1.165, 1.54) is 6.07 Å². The first-order valence-electron chi connectivity index (χ1n) is 7.30. The molecule has 3 heteroatoms. The summed E-state index contributed by atoms with van der Waals surface area (Å²) >= 11 is 0. The molecule has 0 atom stereocenters. The molecule has 0 spiro atoms. The predicted molar refractivity (Wildman–Crippen MR) is 85.1 cm³/mol. The zero-order chi connectivity index (χ0) is 15.2. The van der Waals surface area contributed by atoms with E-state index in [1.807, 2.05) is 37.3 Å². The summed E-state index contributed by atoms with van der Waals surface area (Å²) in [5.74, 6) is 0.469. The summed E-state index contributed by atoms with van der Waals surface area (Å²) in [6.07, 6.45) is 1.08. The zero-order valence-electron chi connectivity index (χ0n) is 12.9. The molecular formula is C18H22FNO. The number of methoxy groups -OCH3 is 1. The Morgan fingerprint density at radius 2 is 1.90 bits per heavy atom. The lowest BCUT2D eigenvalue weighted by atomic mass is 9.99. The second-order valence-corrected chi connectivity index (χ2v) is 5.19.